The highest BCUT2D eigenvalue weighted by Crippen LogP contribution is 2.28. The van der Waals surface area contributed by atoms with Crippen molar-refractivity contribution in [1.29, 1.82) is 10.7 Å². The normalized spacial score (nSPS) is 23.0. The van der Waals surface area contributed by atoms with Gasteiger partial charge in [0, 0.05) is 18.5 Å². The number of hydrogen-bond donors (Lipinski definition) is 2. The van der Waals surface area contributed by atoms with Gasteiger partial charge in [0.2, 0.25) is 5.88 Å². The first-order valence-electron chi connectivity index (χ1n) is 10.2. The smallest absolute Gasteiger partial charge is 0.214 e. The fraction of sp³-hybridized carbons (Fsp3) is 0.391. The summed E-state index contributed by atoms with van der Waals surface area (Å²) in [4.78, 5) is 14.0. The second kappa shape index (κ2) is 12.5. The first kappa shape index (κ1) is 24.9. The third-order valence-corrected chi connectivity index (χ3v) is 5.35. The van der Waals surface area contributed by atoms with E-state index in [1.807, 2.05) is 17.8 Å². The van der Waals surface area contributed by atoms with E-state index in [9.17, 15) is 8.78 Å². The predicted octanol–water partition coefficient (Wildman–Crippen LogP) is 3.60. The molecule has 2 heterocycles. The number of halogens is 2. The Morgan fingerprint density at radius 3 is 2.84 bits per heavy atom. The van der Waals surface area contributed by atoms with E-state index in [2.05, 4.69) is 16.9 Å². The number of rotatable bonds is 9. The molecular weight excluding hydrogens is 416 g/mol. The van der Waals surface area contributed by atoms with Crippen LogP contribution in [0.2, 0.25) is 0 Å². The molecule has 32 heavy (non-hydrogen) atoms. The Balaban J connectivity index is 0.00000176. The average molecular weight is 443 g/mol. The van der Waals surface area contributed by atoms with Gasteiger partial charge in [-0.2, -0.15) is 5.26 Å². The summed E-state index contributed by atoms with van der Waals surface area (Å²) in [5.41, 5.74) is 0.962. The van der Waals surface area contributed by atoms with Crippen LogP contribution in [0, 0.1) is 16.7 Å². The van der Waals surface area contributed by atoms with Crippen LogP contribution in [0.25, 0.3) is 0 Å². The van der Waals surface area contributed by atoms with Crippen LogP contribution in [-0.2, 0) is 4.79 Å². The Labute approximate surface area is 186 Å². The zero-order valence-corrected chi connectivity index (χ0v) is 17.8. The Kier molecular flexibility index (Phi) is 9.70. The summed E-state index contributed by atoms with van der Waals surface area (Å²) in [5, 5.41) is 20.5. The molecule has 2 aliphatic rings. The molecule has 2 fully saturated rings. The molecule has 9 heteroatoms. The van der Waals surface area contributed by atoms with Gasteiger partial charge < -0.3 is 14.4 Å². The van der Waals surface area contributed by atoms with Gasteiger partial charge in [0.1, 0.15) is 37.2 Å². The lowest BCUT2D eigenvalue weighted by atomic mass is 9.89. The SMILES string of the molecule is C=C/C(=C\C(F)=C/CF)[C@@H]1CCC(=N)N1CNC1CC(Oc2cccc(C#N)n2)C1.C=O. The van der Waals surface area contributed by atoms with Crippen LogP contribution >= 0.6 is 0 Å². The number of carbonyl (C=O) groups excluding carboxylic acids is 1. The summed E-state index contributed by atoms with van der Waals surface area (Å²) in [7, 11) is 0. The summed E-state index contributed by atoms with van der Waals surface area (Å²) >= 11 is 0. The van der Waals surface area contributed by atoms with E-state index < -0.39 is 12.5 Å². The lowest BCUT2D eigenvalue weighted by Crippen LogP contribution is -2.51. The number of likely N-dealkylation sites (tertiary alicyclic amines) is 1. The molecule has 1 aromatic heterocycles. The molecule has 0 radical (unpaired) electrons. The molecule has 0 amide bonds. The van der Waals surface area contributed by atoms with E-state index in [4.69, 9.17) is 20.2 Å². The van der Waals surface area contributed by atoms with Crippen molar-refractivity contribution in [3.63, 3.8) is 0 Å². The number of nitriles is 1. The van der Waals surface area contributed by atoms with Crippen LogP contribution in [0.4, 0.5) is 8.78 Å². The zero-order valence-electron chi connectivity index (χ0n) is 17.8. The largest absolute Gasteiger partial charge is 0.474 e. The van der Waals surface area contributed by atoms with Crippen molar-refractivity contribution in [2.24, 2.45) is 0 Å². The number of hydrogen-bond acceptors (Lipinski definition) is 6. The van der Waals surface area contributed by atoms with E-state index in [-0.39, 0.29) is 18.2 Å². The molecule has 0 bridgehead atoms. The molecule has 1 saturated carbocycles. The van der Waals surface area contributed by atoms with E-state index in [0.29, 0.717) is 42.5 Å². The van der Waals surface area contributed by atoms with Crippen LogP contribution in [0.5, 0.6) is 5.88 Å². The molecule has 170 valence electrons. The summed E-state index contributed by atoms with van der Waals surface area (Å²) in [6.45, 7) is 5.35. The van der Waals surface area contributed by atoms with Gasteiger partial charge in [-0.15, -0.1) is 0 Å². The lowest BCUT2D eigenvalue weighted by Gasteiger charge is -2.38. The van der Waals surface area contributed by atoms with Crippen LogP contribution in [0.15, 0.2) is 54.4 Å². The van der Waals surface area contributed by atoms with Gasteiger partial charge in [-0.05, 0) is 43.1 Å². The molecule has 1 saturated heterocycles. The minimum absolute atomic E-state index is 0.0290. The van der Waals surface area contributed by atoms with Crippen LogP contribution < -0.4 is 10.1 Å². The van der Waals surface area contributed by atoms with Gasteiger partial charge in [0.15, 0.2) is 0 Å². The summed E-state index contributed by atoms with van der Waals surface area (Å²) < 4.78 is 31.9. The Hall–Kier alpha value is -3.38. The predicted molar refractivity (Wildman–Crippen MR) is 118 cm³/mol. The van der Waals surface area contributed by atoms with Crippen molar-refractivity contribution in [2.75, 3.05) is 13.3 Å². The number of ether oxygens (including phenoxy) is 1. The number of amidine groups is 1. The standard InChI is InChI=1S/C22H25F2N5O.CH2O/c1-2-15(10-16(24)8-9-23)20-6-7-21(26)29(20)14-27-18-11-19(12-18)30-22-5-3-4-17(13-25)28-22;1-2/h2-5,8,10,18-20,26-27H,1,6-7,9,11-12,14H2;1H2/b15-10+,16-8+,26-21?;/t18?,19?,20-;/m0./s1. The van der Waals surface area contributed by atoms with Crippen LogP contribution in [-0.4, -0.2) is 54.0 Å². The minimum atomic E-state index is -0.861. The van der Waals surface area contributed by atoms with Gasteiger partial charge in [0.05, 0.1) is 18.5 Å². The number of nitrogens with zero attached hydrogens (tertiary/aromatic N) is 3. The second-order valence-corrected chi connectivity index (χ2v) is 7.31. The molecule has 1 aliphatic heterocycles. The van der Waals surface area contributed by atoms with Gasteiger partial charge in [0.25, 0.3) is 0 Å². The van der Waals surface area contributed by atoms with Gasteiger partial charge >= 0.3 is 0 Å². The Bertz CT molecular complexity index is 906. The quantitative estimate of drug-likeness (QED) is 0.566. The van der Waals surface area contributed by atoms with Crippen molar-refractivity contribution in [1.82, 2.24) is 15.2 Å². The Morgan fingerprint density at radius 1 is 1.44 bits per heavy atom. The maximum atomic E-state index is 13.7. The number of pyridine rings is 1. The highest BCUT2D eigenvalue weighted by molar-refractivity contribution is 5.82. The van der Waals surface area contributed by atoms with Crippen molar-refractivity contribution in [3.8, 4) is 11.9 Å². The monoisotopic (exact) mass is 443 g/mol. The first-order chi connectivity index (χ1) is 15.5. The zero-order chi connectivity index (χ0) is 23.5. The molecule has 1 aliphatic carbocycles. The highest BCUT2D eigenvalue weighted by atomic mass is 19.1. The van der Waals surface area contributed by atoms with E-state index in [1.54, 1.807) is 24.3 Å². The maximum Gasteiger partial charge on any atom is 0.214 e. The molecule has 0 aromatic carbocycles. The topological polar surface area (TPSA) is 102 Å². The molecule has 0 spiro atoms. The first-order valence-corrected chi connectivity index (χ1v) is 10.2. The molecular formula is C23H27F2N5O2. The molecule has 1 aromatic rings. The third-order valence-electron chi connectivity index (χ3n) is 5.35. The minimum Gasteiger partial charge on any atom is -0.474 e. The maximum absolute atomic E-state index is 13.7. The summed E-state index contributed by atoms with van der Waals surface area (Å²) in [5.74, 6) is 0.301. The second-order valence-electron chi connectivity index (χ2n) is 7.31. The van der Waals surface area contributed by atoms with Crippen molar-refractivity contribution >= 4 is 12.6 Å². The number of allylic oxidation sites excluding steroid dienone is 3. The number of aromatic nitrogens is 1. The fourth-order valence-corrected chi connectivity index (χ4v) is 3.67. The van der Waals surface area contributed by atoms with Crippen LogP contribution in [0.3, 0.4) is 0 Å². The third kappa shape index (κ3) is 6.56. The average Bonchev–Trinajstić information content (AvgIpc) is 3.15. The van der Waals surface area contributed by atoms with E-state index >= 15 is 0 Å². The van der Waals surface area contributed by atoms with Crippen molar-refractivity contribution < 1.29 is 18.3 Å². The van der Waals surface area contributed by atoms with Crippen molar-refractivity contribution in [3.05, 3.63) is 60.1 Å². The Morgan fingerprint density at radius 2 is 2.19 bits per heavy atom. The number of carbonyl (C=O) groups is 1. The van der Waals surface area contributed by atoms with Crippen LogP contribution in [0.1, 0.15) is 31.4 Å². The molecule has 1 atom stereocenters. The molecule has 7 nitrogen and oxygen atoms in total. The molecule has 3 rings (SSSR count). The van der Waals surface area contributed by atoms with Gasteiger partial charge in [-0.1, -0.05) is 18.7 Å². The summed E-state index contributed by atoms with van der Waals surface area (Å²) in [6.07, 6.45) is 6.64. The van der Waals surface area contributed by atoms with Crippen molar-refractivity contribution in [2.45, 2.75) is 43.9 Å². The molecule has 2 N–H and O–H groups in total. The van der Waals surface area contributed by atoms with Gasteiger partial charge in [-0.25, -0.2) is 13.8 Å². The lowest BCUT2D eigenvalue weighted by molar-refractivity contribution is -0.0980. The number of alkyl halides is 1. The van der Waals surface area contributed by atoms with E-state index in [1.165, 1.54) is 6.08 Å². The van der Waals surface area contributed by atoms with E-state index in [0.717, 1.165) is 18.9 Å². The van der Waals surface area contributed by atoms with Gasteiger partial charge in [-0.3, -0.25) is 10.7 Å². The molecule has 0 unspecified atom stereocenters. The number of nitrogens with one attached hydrogen (secondary N) is 2. The summed E-state index contributed by atoms with van der Waals surface area (Å²) in [6, 6.07) is 7.17. The highest BCUT2D eigenvalue weighted by Gasteiger charge is 2.34. The fourth-order valence-electron chi connectivity index (χ4n) is 3.67.